The molecular weight excluding hydrogens is 452 g/mol. The average molecular weight is 475 g/mol. The topological polar surface area (TPSA) is 71.5 Å². The van der Waals surface area contributed by atoms with Gasteiger partial charge in [-0.25, -0.2) is 13.8 Å². The number of pyridine rings is 1. The summed E-state index contributed by atoms with van der Waals surface area (Å²) in [6, 6.07) is 12.6. The van der Waals surface area contributed by atoms with Crippen molar-refractivity contribution < 1.29 is 23.1 Å². The first-order valence-corrected chi connectivity index (χ1v) is 11.7. The first-order valence-electron chi connectivity index (χ1n) is 11.7. The number of rotatable bonds is 4. The first-order chi connectivity index (χ1) is 17.0. The van der Waals surface area contributed by atoms with Crippen molar-refractivity contribution in [2.24, 2.45) is 11.8 Å². The molecule has 0 aliphatic carbocycles. The Morgan fingerprint density at radius 1 is 1.03 bits per heavy atom. The van der Waals surface area contributed by atoms with Gasteiger partial charge >= 0.3 is 0 Å². The van der Waals surface area contributed by atoms with Crippen molar-refractivity contribution in [3.05, 3.63) is 88.1 Å². The maximum Gasteiger partial charge on any atom is 0.253 e. The monoisotopic (exact) mass is 475 g/mol. The molecule has 2 amide bonds. The van der Waals surface area contributed by atoms with Gasteiger partial charge in [-0.2, -0.15) is 0 Å². The zero-order valence-electron chi connectivity index (χ0n) is 18.9. The third-order valence-electron chi connectivity index (χ3n) is 7.16. The summed E-state index contributed by atoms with van der Waals surface area (Å²) in [6.45, 7) is 3.09. The highest BCUT2D eigenvalue weighted by atomic mass is 19.1. The molecule has 0 saturated carbocycles. The second-order valence-corrected chi connectivity index (χ2v) is 9.41. The van der Waals surface area contributed by atoms with Crippen LogP contribution in [0.3, 0.4) is 0 Å². The number of hydrogen-bond acceptors (Lipinski definition) is 4. The average Bonchev–Trinajstić information content (AvgIpc) is 3.55. The SMILES string of the molecule is O=C1NCc2nc(-c3c(F)cccc3F)cc(Cc3ccc(C(=O)N4C[C@H]5COC[C@H]5C4)cc3)c21. The van der Waals surface area contributed by atoms with E-state index in [2.05, 4.69) is 10.3 Å². The van der Waals surface area contributed by atoms with Gasteiger partial charge < -0.3 is 15.0 Å². The smallest absolute Gasteiger partial charge is 0.253 e. The van der Waals surface area contributed by atoms with Crippen molar-refractivity contribution in [2.75, 3.05) is 26.3 Å². The van der Waals surface area contributed by atoms with Crippen molar-refractivity contribution >= 4 is 11.8 Å². The molecule has 2 saturated heterocycles. The van der Waals surface area contributed by atoms with Gasteiger partial charge in [-0.3, -0.25) is 9.59 Å². The van der Waals surface area contributed by atoms with E-state index in [-0.39, 0.29) is 29.6 Å². The Hall–Kier alpha value is -3.65. The van der Waals surface area contributed by atoms with Gasteiger partial charge in [-0.05, 0) is 47.9 Å². The summed E-state index contributed by atoms with van der Waals surface area (Å²) in [5.74, 6) is -0.813. The van der Waals surface area contributed by atoms with Crippen molar-refractivity contribution in [3.63, 3.8) is 0 Å². The number of carbonyl (C=O) groups is 2. The van der Waals surface area contributed by atoms with E-state index < -0.39 is 11.6 Å². The van der Waals surface area contributed by atoms with Gasteiger partial charge in [0.1, 0.15) is 11.6 Å². The molecule has 2 atom stereocenters. The van der Waals surface area contributed by atoms with E-state index in [0.29, 0.717) is 40.6 Å². The lowest BCUT2D eigenvalue weighted by Crippen LogP contribution is -2.30. The second kappa shape index (κ2) is 8.53. The summed E-state index contributed by atoms with van der Waals surface area (Å²) in [5, 5.41) is 2.74. The quantitative estimate of drug-likeness (QED) is 0.626. The van der Waals surface area contributed by atoms with Gasteiger partial charge in [-0.1, -0.05) is 18.2 Å². The minimum atomic E-state index is -0.707. The number of aromatic nitrogens is 1. The predicted molar refractivity (Wildman–Crippen MR) is 124 cm³/mol. The van der Waals surface area contributed by atoms with Gasteiger partial charge in [0.15, 0.2) is 0 Å². The molecule has 0 radical (unpaired) electrons. The molecule has 3 aliphatic heterocycles. The maximum atomic E-state index is 14.4. The highest BCUT2D eigenvalue weighted by molar-refractivity contribution is 5.99. The van der Waals surface area contributed by atoms with Crippen LogP contribution in [0.5, 0.6) is 0 Å². The van der Waals surface area contributed by atoms with Gasteiger partial charge in [0.05, 0.1) is 42.3 Å². The van der Waals surface area contributed by atoms with E-state index in [1.165, 1.54) is 18.2 Å². The fourth-order valence-corrected chi connectivity index (χ4v) is 5.34. The summed E-state index contributed by atoms with van der Waals surface area (Å²) in [5.41, 5.74) is 2.98. The molecule has 8 heteroatoms. The van der Waals surface area contributed by atoms with E-state index >= 15 is 0 Å². The molecule has 2 aromatic carbocycles. The number of nitrogens with one attached hydrogen (secondary N) is 1. The number of hydrogen-bond donors (Lipinski definition) is 1. The van der Waals surface area contributed by atoms with E-state index in [0.717, 1.165) is 31.9 Å². The lowest BCUT2D eigenvalue weighted by Gasteiger charge is -2.17. The van der Waals surface area contributed by atoms with Crippen molar-refractivity contribution in [3.8, 4) is 11.3 Å². The summed E-state index contributed by atoms with van der Waals surface area (Å²) in [6.07, 6.45) is 0.362. The molecule has 4 heterocycles. The van der Waals surface area contributed by atoms with Crippen LogP contribution in [-0.2, 0) is 17.7 Å². The van der Waals surface area contributed by atoms with Crippen LogP contribution in [0.15, 0.2) is 48.5 Å². The second-order valence-electron chi connectivity index (χ2n) is 9.41. The van der Waals surface area contributed by atoms with Gasteiger partial charge in [0, 0.05) is 30.5 Å². The van der Waals surface area contributed by atoms with Crippen LogP contribution in [0.25, 0.3) is 11.3 Å². The molecule has 6 rings (SSSR count). The fraction of sp³-hybridized carbons (Fsp3) is 0.296. The number of fused-ring (bicyclic) bond motifs is 2. The lowest BCUT2D eigenvalue weighted by atomic mass is 9.96. The van der Waals surface area contributed by atoms with Gasteiger partial charge in [0.25, 0.3) is 11.8 Å². The summed E-state index contributed by atoms with van der Waals surface area (Å²) in [4.78, 5) is 31.7. The Labute approximate surface area is 200 Å². The third-order valence-corrected chi connectivity index (χ3v) is 7.16. The predicted octanol–water partition coefficient (Wildman–Crippen LogP) is 3.58. The van der Waals surface area contributed by atoms with Crippen LogP contribution >= 0.6 is 0 Å². The Morgan fingerprint density at radius 3 is 2.40 bits per heavy atom. The number of amides is 2. The van der Waals surface area contributed by atoms with Crippen LogP contribution in [0.2, 0.25) is 0 Å². The minimum Gasteiger partial charge on any atom is -0.381 e. The van der Waals surface area contributed by atoms with Crippen LogP contribution in [-0.4, -0.2) is 48.0 Å². The Kier molecular flexibility index (Phi) is 5.33. The number of benzene rings is 2. The normalized spacial score (nSPS) is 20.6. The molecule has 1 aromatic heterocycles. The molecule has 6 nitrogen and oxygen atoms in total. The molecular formula is C27H23F2N3O3. The number of carbonyl (C=O) groups excluding carboxylic acids is 2. The first kappa shape index (κ1) is 21.9. The molecule has 0 unspecified atom stereocenters. The molecule has 0 spiro atoms. The van der Waals surface area contributed by atoms with Crippen LogP contribution < -0.4 is 5.32 Å². The maximum absolute atomic E-state index is 14.4. The van der Waals surface area contributed by atoms with Crippen molar-refractivity contribution in [2.45, 2.75) is 13.0 Å². The minimum absolute atomic E-state index is 0.00689. The van der Waals surface area contributed by atoms with Crippen molar-refractivity contribution in [1.29, 1.82) is 0 Å². The number of likely N-dealkylation sites (tertiary alicyclic amines) is 1. The number of ether oxygens (including phenoxy) is 1. The standard InChI is InChI=1S/C27H23F2N3O3/c28-20-2-1-3-21(29)25(20)22-9-17(24-23(31-22)10-30-26(24)33)8-15-4-6-16(7-5-15)27(34)32-11-18-13-35-14-19(18)12-32/h1-7,9,18-19H,8,10-14H2,(H,30,33)/t18-,19+. The number of nitrogens with zero attached hydrogens (tertiary/aromatic N) is 2. The Bertz CT molecular complexity index is 1310. The van der Waals surface area contributed by atoms with Crippen LogP contribution in [0, 0.1) is 23.5 Å². The largest absolute Gasteiger partial charge is 0.381 e. The highest BCUT2D eigenvalue weighted by Crippen LogP contribution is 2.32. The van der Waals surface area contributed by atoms with Gasteiger partial charge in [-0.15, -0.1) is 0 Å². The lowest BCUT2D eigenvalue weighted by molar-refractivity contribution is 0.0751. The molecule has 35 heavy (non-hydrogen) atoms. The van der Waals surface area contributed by atoms with E-state index in [1.807, 2.05) is 17.0 Å². The van der Waals surface area contributed by atoms with E-state index in [4.69, 9.17) is 4.74 Å². The molecule has 3 aliphatic rings. The molecule has 0 bridgehead atoms. The van der Waals surface area contributed by atoms with Gasteiger partial charge in [0.2, 0.25) is 0 Å². The highest BCUT2D eigenvalue weighted by Gasteiger charge is 2.39. The Morgan fingerprint density at radius 2 is 1.71 bits per heavy atom. The van der Waals surface area contributed by atoms with E-state index in [1.54, 1.807) is 18.2 Å². The third kappa shape index (κ3) is 3.87. The molecule has 1 N–H and O–H groups in total. The Balaban J connectivity index is 1.28. The summed E-state index contributed by atoms with van der Waals surface area (Å²) < 4.78 is 34.4. The van der Waals surface area contributed by atoms with Crippen molar-refractivity contribution in [1.82, 2.24) is 15.2 Å². The zero-order valence-corrected chi connectivity index (χ0v) is 18.9. The van der Waals surface area contributed by atoms with Crippen LogP contribution in [0.1, 0.15) is 37.5 Å². The molecule has 178 valence electrons. The summed E-state index contributed by atoms with van der Waals surface area (Å²) in [7, 11) is 0. The summed E-state index contributed by atoms with van der Waals surface area (Å²) >= 11 is 0. The fourth-order valence-electron chi connectivity index (χ4n) is 5.34. The molecule has 3 aromatic rings. The van der Waals surface area contributed by atoms with Crippen LogP contribution in [0.4, 0.5) is 8.78 Å². The number of halogens is 2. The zero-order chi connectivity index (χ0) is 24.1. The molecule has 2 fully saturated rings. The van der Waals surface area contributed by atoms with E-state index in [9.17, 15) is 18.4 Å².